The monoisotopic (exact) mass is 222 g/mol. The number of aryl methyl sites for hydroxylation is 2. The van der Waals surface area contributed by atoms with E-state index in [0.29, 0.717) is 0 Å². The Hall–Kier alpha value is -1.36. The summed E-state index contributed by atoms with van der Waals surface area (Å²) in [7, 11) is 1.87. The number of rotatable bonds is 1. The topological polar surface area (TPSA) is 50.2 Å². The number of nitrogens with zero attached hydrogens (tertiary/aromatic N) is 3. The maximum absolute atomic E-state index is 12.3. The molecule has 0 saturated carbocycles. The van der Waals surface area contributed by atoms with Gasteiger partial charge in [-0.2, -0.15) is 5.10 Å². The lowest BCUT2D eigenvalue weighted by Crippen LogP contribution is -2.46. The quantitative estimate of drug-likeness (QED) is 0.732. The normalized spacial score (nSPS) is 16.6. The third-order valence-corrected chi connectivity index (χ3v) is 3.13. The third-order valence-electron chi connectivity index (χ3n) is 3.13. The Morgan fingerprint density at radius 3 is 2.44 bits per heavy atom. The predicted octanol–water partition coefficient (Wildman–Crippen LogP) is 0.0823. The van der Waals surface area contributed by atoms with E-state index >= 15 is 0 Å². The highest BCUT2D eigenvalue weighted by molar-refractivity contribution is 5.96. The summed E-state index contributed by atoms with van der Waals surface area (Å²) in [4.78, 5) is 14.2. The fourth-order valence-electron chi connectivity index (χ4n) is 2.11. The average Bonchev–Trinajstić information content (AvgIpc) is 2.54. The molecular formula is C11H18N4O. The fraction of sp³-hybridized carbons (Fsp3) is 0.636. The molecule has 2 heterocycles. The molecule has 1 fully saturated rings. The van der Waals surface area contributed by atoms with E-state index in [0.717, 1.165) is 43.1 Å². The zero-order valence-electron chi connectivity index (χ0n) is 10.1. The summed E-state index contributed by atoms with van der Waals surface area (Å²) < 4.78 is 1.77. The summed E-state index contributed by atoms with van der Waals surface area (Å²) in [5, 5.41) is 7.52. The largest absolute Gasteiger partial charge is 0.336 e. The van der Waals surface area contributed by atoms with Crippen molar-refractivity contribution in [3.05, 3.63) is 17.0 Å². The molecule has 5 heteroatoms. The van der Waals surface area contributed by atoms with Gasteiger partial charge in [0.15, 0.2) is 0 Å². The van der Waals surface area contributed by atoms with Crippen LogP contribution in [-0.4, -0.2) is 46.8 Å². The van der Waals surface area contributed by atoms with Crippen LogP contribution in [0.1, 0.15) is 21.7 Å². The van der Waals surface area contributed by atoms with Crippen LogP contribution >= 0.6 is 0 Å². The molecule has 0 unspecified atom stereocenters. The molecule has 88 valence electrons. The minimum Gasteiger partial charge on any atom is -0.336 e. The van der Waals surface area contributed by atoms with E-state index in [-0.39, 0.29) is 5.91 Å². The van der Waals surface area contributed by atoms with Gasteiger partial charge in [0.1, 0.15) is 0 Å². The molecule has 1 amide bonds. The van der Waals surface area contributed by atoms with E-state index in [4.69, 9.17) is 0 Å². The van der Waals surface area contributed by atoms with Crippen LogP contribution in [0, 0.1) is 13.8 Å². The molecule has 1 aromatic rings. The van der Waals surface area contributed by atoms with Gasteiger partial charge in [-0.1, -0.05) is 0 Å². The Morgan fingerprint density at radius 2 is 1.94 bits per heavy atom. The molecule has 16 heavy (non-hydrogen) atoms. The van der Waals surface area contributed by atoms with Gasteiger partial charge < -0.3 is 10.2 Å². The van der Waals surface area contributed by atoms with E-state index in [9.17, 15) is 4.79 Å². The molecule has 0 aromatic carbocycles. The van der Waals surface area contributed by atoms with Gasteiger partial charge in [-0.25, -0.2) is 0 Å². The molecule has 0 bridgehead atoms. The van der Waals surface area contributed by atoms with Crippen molar-refractivity contribution in [2.24, 2.45) is 7.05 Å². The van der Waals surface area contributed by atoms with Crippen molar-refractivity contribution in [1.29, 1.82) is 0 Å². The summed E-state index contributed by atoms with van der Waals surface area (Å²) in [6.45, 7) is 7.16. The molecule has 1 saturated heterocycles. The molecule has 0 radical (unpaired) electrons. The Balaban J connectivity index is 2.25. The maximum Gasteiger partial charge on any atom is 0.257 e. The molecule has 1 N–H and O–H groups in total. The summed E-state index contributed by atoms with van der Waals surface area (Å²) in [5.41, 5.74) is 2.54. The van der Waals surface area contributed by atoms with Crippen molar-refractivity contribution in [1.82, 2.24) is 20.0 Å². The highest BCUT2D eigenvalue weighted by Gasteiger charge is 2.23. The summed E-state index contributed by atoms with van der Waals surface area (Å²) >= 11 is 0. The van der Waals surface area contributed by atoms with Crippen LogP contribution in [0.2, 0.25) is 0 Å². The minimum atomic E-state index is 0.115. The first-order chi connectivity index (χ1) is 7.61. The molecule has 0 atom stereocenters. The highest BCUT2D eigenvalue weighted by Crippen LogP contribution is 2.14. The minimum absolute atomic E-state index is 0.115. The number of amides is 1. The molecule has 0 spiro atoms. The lowest BCUT2D eigenvalue weighted by Gasteiger charge is -2.27. The zero-order chi connectivity index (χ0) is 11.7. The number of hydrogen-bond acceptors (Lipinski definition) is 3. The molecule has 1 aliphatic heterocycles. The molecule has 2 rings (SSSR count). The van der Waals surface area contributed by atoms with Gasteiger partial charge in [-0.15, -0.1) is 0 Å². The first kappa shape index (κ1) is 11.1. The van der Waals surface area contributed by atoms with Crippen molar-refractivity contribution in [2.75, 3.05) is 26.2 Å². The van der Waals surface area contributed by atoms with Crippen LogP contribution in [0.4, 0.5) is 0 Å². The predicted molar refractivity (Wildman–Crippen MR) is 61.5 cm³/mol. The lowest BCUT2D eigenvalue weighted by molar-refractivity contribution is 0.0734. The highest BCUT2D eigenvalue weighted by atomic mass is 16.2. The SMILES string of the molecule is Cc1nn(C)c(C)c1C(=O)N1CCNCC1. The number of nitrogens with one attached hydrogen (secondary N) is 1. The van der Waals surface area contributed by atoms with Crippen LogP contribution in [0.25, 0.3) is 0 Å². The van der Waals surface area contributed by atoms with Gasteiger partial charge in [-0.3, -0.25) is 9.48 Å². The van der Waals surface area contributed by atoms with Gasteiger partial charge in [0.2, 0.25) is 0 Å². The van der Waals surface area contributed by atoms with Crippen LogP contribution in [-0.2, 0) is 7.05 Å². The van der Waals surface area contributed by atoms with Crippen LogP contribution in [0.15, 0.2) is 0 Å². The second-order valence-electron chi connectivity index (χ2n) is 4.21. The van der Waals surface area contributed by atoms with Gasteiger partial charge in [-0.05, 0) is 13.8 Å². The molecule has 1 aliphatic rings. The first-order valence-corrected chi connectivity index (χ1v) is 5.61. The first-order valence-electron chi connectivity index (χ1n) is 5.61. The fourth-order valence-corrected chi connectivity index (χ4v) is 2.11. The van der Waals surface area contributed by atoms with Crippen LogP contribution in [0.3, 0.4) is 0 Å². The second kappa shape index (κ2) is 4.25. The van der Waals surface area contributed by atoms with Crippen molar-refractivity contribution in [3.8, 4) is 0 Å². The third kappa shape index (κ3) is 1.82. The van der Waals surface area contributed by atoms with Crippen molar-refractivity contribution >= 4 is 5.91 Å². The van der Waals surface area contributed by atoms with Crippen LogP contribution < -0.4 is 5.32 Å². The van der Waals surface area contributed by atoms with E-state index in [1.807, 2.05) is 25.8 Å². The van der Waals surface area contributed by atoms with Gasteiger partial charge in [0.05, 0.1) is 11.3 Å². The number of carbonyl (C=O) groups is 1. The van der Waals surface area contributed by atoms with E-state index in [2.05, 4.69) is 10.4 Å². The van der Waals surface area contributed by atoms with E-state index in [1.165, 1.54) is 0 Å². The summed E-state index contributed by atoms with van der Waals surface area (Å²) in [5.74, 6) is 0.115. The Morgan fingerprint density at radius 1 is 1.31 bits per heavy atom. The van der Waals surface area contributed by atoms with Crippen molar-refractivity contribution in [2.45, 2.75) is 13.8 Å². The number of piperazine rings is 1. The van der Waals surface area contributed by atoms with E-state index in [1.54, 1.807) is 4.68 Å². The number of hydrogen-bond donors (Lipinski definition) is 1. The lowest BCUT2D eigenvalue weighted by atomic mass is 10.1. The zero-order valence-corrected chi connectivity index (χ0v) is 10.1. The Bertz CT molecular complexity index is 404. The average molecular weight is 222 g/mol. The van der Waals surface area contributed by atoms with Crippen molar-refractivity contribution < 1.29 is 4.79 Å². The summed E-state index contributed by atoms with van der Waals surface area (Å²) in [6, 6.07) is 0. The van der Waals surface area contributed by atoms with Gasteiger partial charge >= 0.3 is 0 Å². The van der Waals surface area contributed by atoms with Crippen molar-refractivity contribution in [3.63, 3.8) is 0 Å². The molecule has 5 nitrogen and oxygen atoms in total. The molecular weight excluding hydrogens is 204 g/mol. The molecule has 0 aliphatic carbocycles. The summed E-state index contributed by atoms with van der Waals surface area (Å²) in [6.07, 6.45) is 0. The van der Waals surface area contributed by atoms with Crippen LogP contribution in [0.5, 0.6) is 0 Å². The number of carbonyl (C=O) groups excluding carboxylic acids is 1. The molecule has 1 aromatic heterocycles. The smallest absolute Gasteiger partial charge is 0.257 e. The van der Waals surface area contributed by atoms with E-state index < -0.39 is 0 Å². The number of aromatic nitrogens is 2. The van der Waals surface area contributed by atoms with Gasteiger partial charge in [0.25, 0.3) is 5.91 Å². The Kier molecular flexibility index (Phi) is 2.96. The standard InChI is InChI=1S/C11H18N4O/c1-8-10(9(2)14(3)13-8)11(16)15-6-4-12-5-7-15/h12H,4-7H2,1-3H3. The maximum atomic E-state index is 12.3. The second-order valence-corrected chi connectivity index (χ2v) is 4.21. The Labute approximate surface area is 95.4 Å². The van der Waals surface area contributed by atoms with Gasteiger partial charge in [0, 0.05) is 38.9 Å².